The molecule has 0 heterocycles. The van der Waals surface area contributed by atoms with Crippen molar-refractivity contribution in [3.8, 4) is 0 Å². The van der Waals surface area contributed by atoms with Crippen LogP contribution in [0.1, 0.15) is 24.1 Å². The normalized spacial score (nSPS) is 12.4. The minimum absolute atomic E-state index is 0.216. The minimum atomic E-state index is 0.216. The zero-order valence-corrected chi connectivity index (χ0v) is 13.6. The lowest BCUT2D eigenvalue weighted by Gasteiger charge is -2.15. The number of hydrogen-bond acceptors (Lipinski definition) is 1. The Kier molecular flexibility index (Phi) is 5.28. The Labute approximate surface area is 132 Å². The van der Waals surface area contributed by atoms with Gasteiger partial charge in [-0.05, 0) is 48.4 Å². The predicted octanol–water partition coefficient (Wildman–Crippen LogP) is 5.61. The molecule has 0 unspecified atom stereocenters. The fraction of sp³-hybridized carbons (Fsp3) is 0.200. The van der Waals surface area contributed by atoms with E-state index in [2.05, 4.69) is 34.2 Å². The monoisotopic (exact) mass is 357 g/mol. The summed E-state index contributed by atoms with van der Waals surface area (Å²) in [4.78, 5) is 0. The van der Waals surface area contributed by atoms with Crippen LogP contribution in [0.5, 0.6) is 0 Å². The van der Waals surface area contributed by atoms with Gasteiger partial charge in [-0.2, -0.15) is 0 Å². The molecule has 0 aromatic heterocycles. The average molecular weight is 359 g/mol. The highest BCUT2D eigenvalue weighted by Crippen LogP contribution is 2.22. The van der Waals surface area contributed by atoms with Crippen LogP contribution in [0.2, 0.25) is 10.0 Å². The fourth-order valence-corrected chi connectivity index (χ4v) is 2.63. The van der Waals surface area contributed by atoms with Gasteiger partial charge in [-0.1, -0.05) is 51.3 Å². The number of hydrogen-bond donors (Lipinski definition) is 1. The molecule has 2 aromatic carbocycles. The maximum Gasteiger partial charge on any atom is 0.0451 e. The van der Waals surface area contributed by atoms with E-state index in [1.807, 2.05) is 36.4 Å². The SMILES string of the molecule is C[C@H](NCc1cc(Br)ccc1Cl)c1cccc(Cl)c1. The van der Waals surface area contributed by atoms with Gasteiger partial charge in [0.05, 0.1) is 0 Å². The number of rotatable bonds is 4. The van der Waals surface area contributed by atoms with E-state index in [0.717, 1.165) is 20.1 Å². The molecule has 2 rings (SSSR count). The molecule has 1 nitrogen and oxygen atoms in total. The smallest absolute Gasteiger partial charge is 0.0451 e. The Morgan fingerprint density at radius 2 is 1.95 bits per heavy atom. The van der Waals surface area contributed by atoms with Crippen molar-refractivity contribution in [3.63, 3.8) is 0 Å². The van der Waals surface area contributed by atoms with Crippen molar-refractivity contribution >= 4 is 39.1 Å². The Balaban J connectivity index is 2.04. The molecule has 4 heteroatoms. The molecular formula is C15H14BrCl2N. The van der Waals surface area contributed by atoms with Gasteiger partial charge in [0.2, 0.25) is 0 Å². The minimum Gasteiger partial charge on any atom is -0.306 e. The molecule has 1 atom stereocenters. The van der Waals surface area contributed by atoms with Gasteiger partial charge >= 0.3 is 0 Å². The van der Waals surface area contributed by atoms with E-state index in [4.69, 9.17) is 23.2 Å². The largest absolute Gasteiger partial charge is 0.306 e. The molecule has 0 fully saturated rings. The average Bonchev–Trinajstić information content (AvgIpc) is 2.39. The summed E-state index contributed by atoms with van der Waals surface area (Å²) < 4.78 is 1.03. The molecule has 0 spiro atoms. The number of nitrogens with one attached hydrogen (secondary N) is 1. The van der Waals surface area contributed by atoms with Crippen LogP contribution in [0.4, 0.5) is 0 Å². The first-order valence-corrected chi connectivity index (χ1v) is 7.54. The van der Waals surface area contributed by atoms with Crippen molar-refractivity contribution in [3.05, 3.63) is 68.1 Å². The van der Waals surface area contributed by atoms with Crippen LogP contribution in [-0.4, -0.2) is 0 Å². The van der Waals surface area contributed by atoms with Gasteiger partial charge in [-0.3, -0.25) is 0 Å². The van der Waals surface area contributed by atoms with Gasteiger partial charge < -0.3 is 5.32 Å². The summed E-state index contributed by atoms with van der Waals surface area (Å²) in [5.74, 6) is 0. The molecule has 0 aliphatic rings. The second kappa shape index (κ2) is 6.76. The molecule has 0 saturated carbocycles. The highest BCUT2D eigenvalue weighted by Gasteiger charge is 2.07. The molecule has 0 saturated heterocycles. The summed E-state index contributed by atoms with van der Waals surface area (Å²) in [7, 11) is 0. The molecule has 100 valence electrons. The molecule has 0 aliphatic heterocycles. The standard InChI is InChI=1S/C15H14BrCl2N/c1-10(11-3-2-4-14(17)8-11)19-9-12-7-13(16)5-6-15(12)18/h2-8,10,19H,9H2,1H3/t10-/m0/s1. The zero-order chi connectivity index (χ0) is 13.8. The van der Waals surface area contributed by atoms with Gasteiger partial charge in [-0.25, -0.2) is 0 Å². The molecule has 19 heavy (non-hydrogen) atoms. The van der Waals surface area contributed by atoms with Crippen molar-refractivity contribution in [2.24, 2.45) is 0 Å². The van der Waals surface area contributed by atoms with Gasteiger partial charge in [0, 0.05) is 27.1 Å². The van der Waals surface area contributed by atoms with Crippen molar-refractivity contribution in [2.45, 2.75) is 19.5 Å². The lowest BCUT2D eigenvalue weighted by molar-refractivity contribution is 0.575. The Morgan fingerprint density at radius 3 is 2.68 bits per heavy atom. The first-order chi connectivity index (χ1) is 9.06. The van der Waals surface area contributed by atoms with E-state index < -0.39 is 0 Å². The third-order valence-corrected chi connectivity index (χ3v) is 4.05. The molecule has 2 aromatic rings. The second-order valence-electron chi connectivity index (χ2n) is 4.39. The lowest BCUT2D eigenvalue weighted by atomic mass is 10.1. The maximum atomic E-state index is 6.17. The van der Waals surface area contributed by atoms with E-state index in [1.54, 1.807) is 0 Å². The fourth-order valence-electron chi connectivity index (χ4n) is 1.84. The highest BCUT2D eigenvalue weighted by atomic mass is 79.9. The van der Waals surface area contributed by atoms with Crippen molar-refractivity contribution in [1.29, 1.82) is 0 Å². The summed E-state index contributed by atoms with van der Waals surface area (Å²) in [5, 5.41) is 4.97. The van der Waals surface area contributed by atoms with Gasteiger partial charge in [0.25, 0.3) is 0 Å². The predicted molar refractivity (Wildman–Crippen MR) is 85.9 cm³/mol. The van der Waals surface area contributed by atoms with Gasteiger partial charge in [0.15, 0.2) is 0 Å². The summed E-state index contributed by atoms with van der Waals surface area (Å²) in [5.41, 5.74) is 2.24. The van der Waals surface area contributed by atoms with Crippen LogP contribution >= 0.6 is 39.1 Å². The van der Waals surface area contributed by atoms with Crippen LogP contribution in [-0.2, 0) is 6.54 Å². The lowest BCUT2D eigenvalue weighted by Crippen LogP contribution is -2.18. The molecule has 0 bridgehead atoms. The van der Waals surface area contributed by atoms with Crippen molar-refractivity contribution in [2.75, 3.05) is 0 Å². The molecular weight excluding hydrogens is 345 g/mol. The molecule has 0 amide bonds. The highest BCUT2D eigenvalue weighted by molar-refractivity contribution is 9.10. The second-order valence-corrected chi connectivity index (χ2v) is 6.15. The first kappa shape index (κ1) is 14.9. The molecule has 0 radical (unpaired) electrons. The molecule has 0 aliphatic carbocycles. The Hall–Kier alpha value is -0.540. The van der Waals surface area contributed by atoms with Crippen LogP contribution in [0.15, 0.2) is 46.9 Å². The summed E-state index contributed by atoms with van der Waals surface area (Å²) in [6, 6.07) is 14.0. The van der Waals surface area contributed by atoms with E-state index in [1.165, 1.54) is 5.56 Å². The van der Waals surface area contributed by atoms with E-state index in [0.29, 0.717) is 6.54 Å². The topological polar surface area (TPSA) is 12.0 Å². The molecule has 1 N–H and O–H groups in total. The number of halogens is 3. The quantitative estimate of drug-likeness (QED) is 0.749. The zero-order valence-electron chi connectivity index (χ0n) is 10.5. The first-order valence-electron chi connectivity index (χ1n) is 5.99. The van der Waals surface area contributed by atoms with Gasteiger partial charge in [0.1, 0.15) is 0 Å². The van der Waals surface area contributed by atoms with Crippen molar-refractivity contribution in [1.82, 2.24) is 5.32 Å². The van der Waals surface area contributed by atoms with E-state index >= 15 is 0 Å². The number of benzene rings is 2. The third kappa shape index (κ3) is 4.22. The van der Waals surface area contributed by atoms with E-state index in [-0.39, 0.29) is 6.04 Å². The Bertz CT molecular complexity index is 572. The summed E-state index contributed by atoms with van der Waals surface area (Å²) >= 11 is 15.6. The van der Waals surface area contributed by atoms with Crippen molar-refractivity contribution < 1.29 is 0 Å². The maximum absolute atomic E-state index is 6.17. The van der Waals surface area contributed by atoms with Crippen LogP contribution in [0.25, 0.3) is 0 Å². The van der Waals surface area contributed by atoms with Crippen LogP contribution < -0.4 is 5.32 Å². The van der Waals surface area contributed by atoms with Crippen LogP contribution in [0, 0.1) is 0 Å². The summed E-state index contributed by atoms with van der Waals surface area (Å²) in [6.07, 6.45) is 0. The summed E-state index contributed by atoms with van der Waals surface area (Å²) in [6.45, 7) is 2.82. The Morgan fingerprint density at radius 1 is 1.16 bits per heavy atom. The third-order valence-electron chi connectivity index (χ3n) is 2.96. The van der Waals surface area contributed by atoms with Gasteiger partial charge in [-0.15, -0.1) is 0 Å². The van der Waals surface area contributed by atoms with Crippen LogP contribution in [0.3, 0.4) is 0 Å². The van der Waals surface area contributed by atoms with E-state index in [9.17, 15) is 0 Å².